The van der Waals surface area contributed by atoms with Crippen LogP contribution in [-0.4, -0.2) is 40.7 Å². The molecule has 0 bridgehead atoms. The van der Waals surface area contributed by atoms with Gasteiger partial charge < -0.3 is 14.1 Å². The molecule has 1 aromatic heterocycles. The molecular weight excluding hydrogens is 377 g/mol. The lowest BCUT2D eigenvalue weighted by Crippen LogP contribution is -2.40. The van der Waals surface area contributed by atoms with Crippen molar-refractivity contribution in [2.75, 3.05) is 19.7 Å². The highest BCUT2D eigenvalue weighted by atomic mass is 35.5. The number of nitrogens with zero attached hydrogens (tertiary/aromatic N) is 3. The number of carbonyl (C=O) groups is 1. The Hall–Kier alpha value is -1.79. The number of benzene rings is 1. The Balaban J connectivity index is 1.50. The average molecular weight is 398 g/mol. The van der Waals surface area contributed by atoms with E-state index in [2.05, 4.69) is 10.2 Å². The number of hydrogen-bond donors (Lipinski definition) is 0. The minimum atomic E-state index is -0.0668. The van der Waals surface area contributed by atoms with Gasteiger partial charge in [-0.05, 0) is 31.0 Å². The fourth-order valence-electron chi connectivity index (χ4n) is 2.84. The SMILES string of the molecule is CC(C)c1nnc(C2CCN(C(=O)COc3ccc(Cl)cc3Cl)CC2)o1. The topological polar surface area (TPSA) is 68.5 Å². The Labute approximate surface area is 162 Å². The van der Waals surface area contributed by atoms with Crippen molar-refractivity contribution < 1.29 is 13.9 Å². The monoisotopic (exact) mass is 397 g/mol. The van der Waals surface area contributed by atoms with E-state index in [1.165, 1.54) is 0 Å². The summed E-state index contributed by atoms with van der Waals surface area (Å²) in [5, 5.41) is 9.15. The zero-order valence-electron chi connectivity index (χ0n) is 14.7. The largest absolute Gasteiger partial charge is 0.482 e. The Kier molecular flexibility index (Phi) is 6.04. The molecule has 1 amide bonds. The van der Waals surface area contributed by atoms with Gasteiger partial charge >= 0.3 is 0 Å². The molecule has 1 aliphatic rings. The minimum absolute atomic E-state index is 0.0515. The van der Waals surface area contributed by atoms with Crippen LogP contribution in [0.3, 0.4) is 0 Å². The number of amides is 1. The molecule has 1 fully saturated rings. The molecule has 0 spiro atoms. The van der Waals surface area contributed by atoms with Gasteiger partial charge in [0.2, 0.25) is 11.8 Å². The van der Waals surface area contributed by atoms with Crippen LogP contribution in [0.4, 0.5) is 0 Å². The van der Waals surface area contributed by atoms with Crippen molar-refractivity contribution >= 4 is 29.1 Å². The molecule has 140 valence electrons. The van der Waals surface area contributed by atoms with E-state index < -0.39 is 0 Å². The summed E-state index contributed by atoms with van der Waals surface area (Å²) >= 11 is 11.9. The van der Waals surface area contributed by atoms with E-state index in [1.54, 1.807) is 23.1 Å². The van der Waals surface area contributed by atoms with Crippen LogP contribution in [0.1, 0.15) is 50.3 Å². The first kappa shape index (κ1) is 19.0. The van der Waals surface area contributed by atoms with Gasteiger partial charge in [0.25, 0.3) is 5.91 Å². The van der Waals surface area contributed by atoms with Crippen LogP contribution < -0.4 is 4.74 Å². The predicted octanol–water partition coefficient (Wildman–Crippen LogP) is 4.28. The maximum Gasteiger partial charge on any atom is 0.260 e. The second-order valence-corrected chi connectivity index (χ2v) is 7.50. The molecular formula is C18H21Cl2N3O3. The minimum Gasteiger partial charge on any atom is -0.482 e. The highest BCUT2D eigenvalue weighted by Crippen LogP contribution is 2.29. The number of rotatable bonds is 5. The Morgan fingerprint density at radius 3 is 2.65 bits per heavy atom. The van der Waals surface area contributed by atoms with Crippen molar-refractivity contribution in [2.45, 2.75) is 38.5 Å². The first-order chi connectivity index (χ1) is 12.4. The summed E-state index contributed by atoms with van der Waals surface area (Å²) in [6.45, 7) is 5.27. The number of carbonyl (C=O) groups excluding carboxylic acids is 1. The van der Waals surface area contributed by atoms with Crippen molar-refractivity contribution in [3.05, 3.63) is 40.0 Å². The second kappa shape index (κ2) is 8.27. The summed E-state index contributed by atoms with van der Waals surface area (Å²) in [7, 11) is 0. The van der Waals surface area contributed by atoms with Crippen LogP contribution >= 0.6 is 23.2 Å². The van der Waals surface area contributed by atoms with E-state index in [9.17, 15) is 4.79 Å². The molecule has 0 aliphatic carbocycles. The fourth-order valence-corrected chi connectivity index (χ4v) is 3.31. The highest BCUT2D eigenvalue weighted by molar-refractivity contribution is 6.35. The van der Waals surface area contributed by atoms with E-state index in [-0.39, 0.29) is 24.3 Å². The maximum absolute atomic E-state index is 12.4. The molecule has 0 radical (unpaired) electrons. The van der Waals surface area contributed by atoms with Gasteiger partial charge in [-0.2, -0.15) is 0 Å². The van der Waals surface area contributed by atoms with Gasteiger partial charge in [-0.25, -0.2) is 0 Å². The van der Waals surface area contributed by atoms with E-state index in [0.29, 0.717) is 40.7 Å². The Bertz CT molecular complexity index is 771. The quantitative estimate of drug-likeness (QED) is 0.752. The number of aromatic nitrogens is 2. The molecule has 8 heteroatoms. The predicted molar refractivity (Wildman–Crippen MR) is 98.9 cm³/mol. The number of ether oxygens (including phenoxy) is 1. The van der Waals surface area contributed by atoms with Crippen LogP contribution in [0.2, 0.25) is 10.0 Å². The van der Waals surface area contributed by atoms with Gasteiger partial charge in [-0.3, -0.25) is 4.79 Å². The third-order valence-electron chi connectivity index (χ3n) is 4.39. The summed E-state index contributed by atoms with van der Waals surface area (Å²) < 4.78 is 11.3. The van der Waals surface area contributed by atoms with E-state index in [1.807, 2.05) is 13.8 Å². The zero-order chi connectivity index (χ0) is 18.7. The lowest BCUT2D eigenvalue weighted by molar-refractivity contribution is -0.134. The Morgan fingerprint density at radius 1 is 1.31 bits per heavy atom. The fraction of sp³-hybridized carbons (Fsp3) is 0.500. The van der Waals surface area contributed by atoms with Gasteiger partial charge in [0.1, 0.15) is 5.75 Å². The van der Waals surface area contributed by atoms with Crippen LogP contribution in [0, 0.1) is 0 Å². The molecule has 2 heterocycles. The molecule has 26 heavy (non-hydrogen) atoms. The summed E-state index contributed by atoms with van der Waals surface area (Å²) in [5.74, 6) is 2.13. The van der Waals surface area contributed by atoms with Gasteiger partial charge in [0.15, 0.2) is 6.61 Å². The maximum atomic E-state index is 12.4. The number of halogens is 2. The summed E-state index contributed by atoms with van der Waals surface area (Å²) in [4.78, 5) is 14.2. The third-order valence-corrected chi connectivity index (χ3v) is 4.92. The van der Waals surface area contributed by atoms with Gasteiger partial charge in [0, 0.05) is 29.9 Å². The van der Waals surface area contributed by atoms with Crippen molar-refractivity contribution in [1.29, 1.82) is 0 Å². The average Bonchev–Trinajstić information content (AvgIpc) is 3.11. The molecule has 1 aromatic carbocycles. The normalized spacial score (nSPS) is 15.5. The van der Waals surface area contributed by atoms with Crippen molar-refractivity contribution in [3.8, 4) is 5.75 Å². The molecule has 0 atom stereocenters. The molecule has 0 N–H and O–H groups in total. The lowest BCUT2D eigenvalue weighted by Gasteiger charge is -2.30. The molecule has 1 saturated heterocycles. The molecule has 0 unspecified atom stereocenters. The van der Waals surface area contributed by atoms with Gasteiger partial charge in [-0.15, -0.1) is 10.2 Å². The van der Waals surface area contributed by atoms with E-state index >= 15 is 0 Å². The first-order valence-electron chi connectivity index (χ1n) is 8.63. The molecule has 6 nitrogen and oxygen atoms in total. The Morgan fingerprint density at radius 2 is 2.04 bits per heavy atom. The third kappa shape index (κ3) is 4.48. The zero-order valence-corrected chi connectivity index (χ0v) is 16.3. The van der Waals surface area contributed by atoms with Crippen molar-refractivity contribution in [2.24, 2.45) is 0 Å². The molecule has 1 aliphatic heterocycles. The van der Waals surface area contributed by atoms with Gasteiger partial charge in [0.05, 0.1) is 5.02 Å². The summed E-state index contributed by atoms with van der Waals surface area (Å²) in [5.41, 5.74) is 0. The molecule has 0 saturated carbocycles. The standard InChI is InChI=1S/C18H21Cl2N3O3/c1-11(2)17-21-22-18(26-17)12-5-7-23(8-6-12)16(24)10-25-15-4-3-13(19)9-14(15)20/h3-4,9,11-12H,5-8,10H2,1-2H3. The van der Waals surface area contributed by atoms with Crippen LogP contribution in [0.15, 0.2) is 22.6 Å². The molecule has 3 rings (SSSR count). The van der Waals surface area contributed by atoms with Crippen LogP contribution in [-0.2, 0) is 4.79 Å². The van der Waals surface area contributed by atoms with E-state index in [0.717, 1.165) is 12.8 Å². The highest BCUT2D eigenvalue weighted by Gasteiger charge is 2.27. The molecule has 2 aromatic rings. The van der Waals surface area contributed by atoms with Crippen molar-refractivity contribution in [3.63, 3.8) is 0 Å². The van der Waals surface area contributed by atoms with Crippen LogP contribution in [0.5, 0.6) is 5.75 Å². The summed E-state index contributed by atoms with van der Waals surface area (Å²) in [6.07, 6.45) is 1.60. The number of likely N-dealkylation sites (tertiary alicyclic amines) is 1. The van der Waals surface area contributed by atoms with Crippen LogP contribution in [0.25, 0.3) is 0 Å². The number of piperidine rings is 1. The lowest BCUT2D eigenvalue weighted by atomic mass is 9.97. The van der Waals surface area contributed by atoms with Crippen molar-refractivity contribution in [1.82, 2.24) is 15.1 Å². The summed E-state index contributed by atoms with van der Waals surface area (Å²) in [6, 6.07) is 4.92. The smallest absolute Gasteiger partial charge is 0.260 e. The first-order valence-corrected chi connectivity index (χ1v) is 9.38. The van der Waals surface area contributed by atoms with E-state index in [4.69, 9.17) is 32.4 Å². The van der Waals surface area contributed by atoms with Gasteiger partial charge in [-0.1, -0.05) is 37.0 Å². The number of hydrogen-bond acceptors (Lipinski definition) is 5. The second-order valence-electron chi connectivity index (χ2n) is 6.65.